The van der Waals surface area contributed by atoms with E-state index in [1.807, 2.05) is 55.1 Å². The number of hydrogen-bond acceptors (Lipinski definition) is 3. The molecule has 3 aromatic rings. The van der Waals surface area contributed by atoms with Gasteiger partial charge in [0.05, 0.1) is 5.52 Å². The number of nitrogens with one attached hydrogen (secondary N) is 1. The van der Waals surface area contributed by atoms with Crippen LogP contribution in [0.2, 0.25) is 0 Å². The van der Waals surface area contributed by atoms with Crippen molar-refractivity contribution in [2.45, 2.75) is 33.6 Å². The van der Waals surface area contributed by atoms with Crippen molar-refractivity contribution in [2.24, 2.45) is 5.92 Å². The topological polar surface area (TPSA) is 66.7 Å². The van der Waals surface area contributed by atoms with Crippen LogP contribution in [0.5, 0.6) is 0 Å². The fourth-order valence-corrected chi connectivity index (χ4v) is 3.94. The highest BCUT2D eigenvalue weighted by Gasteiger charge is 2.28. The molecule has 29 heavy (non-hydrogen) atoms. The number of hydrogen-bond donors (Lipinski definition) is 1. The van der Waals surface area contributed by atoms with Crippen molar-refractivity contribution in [1.29, 1.82) is 0 Å². The molecule has 0 aliphatic carbocycles. The summed E-state index contributed by atoms with van der Waals surface area (Å²) < 4.78 is 1.72. The molecule has 0 saturated carbocycles. The van der Waals surface area contributed by atoms with Crippen LogP contribution < -0.4 is 5.32 Å². The van der Waals surface area contributed by atoms with Crippen LogP contribution >= 0.6 is 0 Å². The lowest BCUT2D eigenvalue weighted by Crippen LogP contribution is -2.39. The quantitative estimate of drug-likeness (QED) is 0.733. The van der Waals surface area contributed by atoms with Crippen LogP contribution in [0.25, 0.3) is 5.52 Å². The molecule has 1 saturated heterocycles. The molecule has 1 aliphatic heterocycles. The van der Waals surface area contributed by atoms with Crippen molar-refractivity contribution in [3.8, 4) is 0 Å². The fourth-order valence-electron chi connectivity index (χ4n) is 3.94. The van der Waals surface area contributed by atoms with Gasteiger partial charge in [-0.15, -0.1) is 0 Å². The Morgan fingerprint density at radius 1 is 1.14 bits per heavy atom. The van der Waals surface area contributed by atoms with Gasteiger partial charge in [0, 0.05) is 25.0 Å². The summed E-state index contributed by atoms with van der Waals surface area (Å²) in [6.45, 7) is 7.60. The van der Waals surface area contributed by atoms with Crippen molar-refractivity contribution in [1.82, 2.24) is 14.3 Å². The highest BCUT2D eigenvalue weighted by atomic mass is 16.2. The van der Waals surface area contributed by atoms with Gasteiger partial charge in [0.2, 0.25) is 5.82 Å². The Morgan fingerprint density at radius 2 is 1.97 bits per heavy atom. The van der Waals surface area contributed by atoms with E-state index < -0.39 is 0 Å². The molecule has 0 spiro atoms. The summed E-state index contributed by atoms with van der Waals surface area (Å²) in [4.78, 5) is 32.6. The predicted octanol–water partition coefficient (Wildman–Crippen LogP) is 4.08. The van der Waals surface area contributed by atoms with E-state index in [0.29, 0.717) is 17.3 Å². The Morgan fingerprint density at radius 3 is 2.76 bits per heavy atom. The summed E-state index contributed by atoms with van der Waals surface area (Å²) in [5.74, 6) is 0.337. The molecule has 6 nitrogen and oxygen atoms in total. The van der Waals surface area contributed by atoms with Crippen LogP contribution in [0.15, 0.2) is 42.6 Å². The highest BCUT2D eigenvalue weighted by molar-refractivity contribution is 6.09. The average Bonchev–Trinajstić information content (AvgIpc) is 3.11. The lowest BCUT2D eigenvalue weighted by molar-refractivity contribution is 0.0670. The first kappa shape index (κ1) is 19.2. The summed E-state index contributed by atoms with van der Waals surface area (Å²) in [7, 11) is 0. The number of piperidine rings is 1. The zero-order chi connectivity index (χ0) is 20.5. The number of rotatable bonds is 3. The number of imidazole rings is 1. The van der Waals surface area contributed by atoms with Gasteiger partial charge >= 0.3 is 0 Å². The van der Waals surface area contributed by atoms with Crippen molar-refractivity contribution >= 4 is 23.0 Å². The molecule has 6 heteroatoms. The van der Waals surface area contributed by atoms with Crippen LogP contribution in [-0.4, -0.2) is 39.2 Å². The van der Waals surface area contributed by atoms with Crippen molar-refractivity contribution in [3.05, 3.63) is 65.2 Å². The number of carbonyl (C=O) groups is 2. The van der Waals surface area contributed by atoms with Gasteiger partial charge in [-0.2, -0.15) is 0 Å². The van der Waals surface area contributed by atoms with Gasteiger partial charge in [0.25, 0.3) is 11.8 Å². The molecule has 2 aromatic heterocycles. The third kappa shape index (κ3) is 3.62. The SMILES string of the molecule is Cc1cccc(NC(=O)c2nc(C(=O)N3CCCC(C)C3)n3ccccc23)c1C. The van der Waals surface area contributed by atoms with Gasteiger partial charge < -0.3 is 10.2 Å². The first-order valence-electron chi connectivity index (χ1n) is 10.1. The molecule has 1 N–H and O–H groups in total. The molecule has 1 aromatic carbocycles. The van der Waals surface area contributed by atoms with E-state index in [4.69, 9.17) is 0 Å². The standard InChI is InChI=1S/C23H26N4O2/c1-15-8-7-12-26(14-15)23(29)21-25-20(19-11-4-5-13-27(19)21)22(28)24-18-10-6-9-16(2)17(18)3/h4-6,9-11,13,15H,7-8,12,14H2,1-3H3,(H,24,28). The highest BCUT2D eigenvalue weighted by Crippen LogP contribution is 2.22. The Bertz CT molecular complexity index is 1090. The number of anilines is 1. The van der Waals surface area contributed by atoms with E-state index in [-0.39, 0.29) is 17.5 Å². The number of nitrogens with zero attached hydrogens (tertiary/aromatic N) is 3. The number of amides is 2. The second kappa shape index (κ2) is 7.70. The molecular formula is C23H26N4O2. The number of benzene rings is 1. The van der Waals surface area contributed by atoms with Gasteiger partial charge in [-0.1, -0.05) is 25.1 Å². The van der Waals surface area contributed by atoms with Crippen molar-refractivity contribution in [2.75, 3.05) is 18.4 Å². The number of aryl methyl sites for hydroxylation is 1. The molecule has 1 atom stereocenters. The van der Waals surface area contributed by atoms with Gasteiger partial charge in [0.1, 0.15) is 0 Å². The monoisotopic (exact) mass is 390 g/mol. The summed E-state index contributed by atoms with van der Waals surface area (Å²) in [6, 6.07) is 11.3. The second-order valence-electron chi connectivity index (χ2n) is 7.94. The molecule has 3 heterocycles. The van der Waals surface area contributed by atoms with Gasteiger partial charge in [0.15, 0.2) is 5.69 Å². The maximum absolute atomic E-state index is 13.2. The largest absolute Gasteiger partial charge is 0.336 e. The number of fused-ring (bicyclic) bond motifs is 1. The van der Waals surface area contributed by atoms with E-state index in [0.717, 1.165) is 42.7 Å². The van der Waals surface area contributed by atoms with Crippen LogP contribution in [0.3, 0.4) is 0 Å². The maximum atomic E-state index is 13.2. The van der Waals surface area contributed by atoms with Crippen molar-refractivity contribution in [3.63, 3.8) is 0 Å². The Hall–Kier alpha value is -3.15. The first-order valence-corrected chi connectivity index (χ1v) is 10.1. The molecule has 0 radical (unpaired) electrons. The first-order chi connectivity index (χ1) is 14.0. The van der Waals surface area contributed by atoms with E-state index in [1.54, 1.807) is 10.6 Å². The number of aromatic nitrogens is 2. The molecule has 1 aliphatic rings. The average molecular weight is 390 g/mol. The molecule has 1 unspecified atom stereocenters. The molecular weight excluding hydrogens is 364 g/mol. The third-order valence-corrected chi connectivity index (χ3v) is 5.75. The minimum Gasteiger partial charge on any atom is -0.336 e. The number of pyridine rings is 1. The van der Waals surface area contributed by atoms with E-state index in [2.05, 4.69) is 17.2 Å². The second-order valence-corrected chi connectivity index (χ2v) is 7.94. The minimum absolute atomic E-state index is 0.122. The number of likely N-dealkylation sites (tertiary alicyclic amines) is 1. The summed E-state index contributed by atoms with van der Waals surface area (Å²) in [6.07, 6.45) is 3.92. The van der Waals surface area contributed by atoms with Crippen LogP contribution in [0.1, 0.15) is 52.0 Å². The molecule has 4 rings (SSSR count). The van der Waals surface area contributed by atoms with Gasteiger partial charge in [-0.25, -0.2) is 4.98 Å². The van der Waals surface area contributed by atoms with Crippen LogP contribution in [-0.2, 0) is 0 Å². The fraction of sp³-hybridized carbons (Fsp3) is 0.348. The number of carbonyl (C=O) groups excluding carboxylic acids is 2. The zero-order valence-corrected chi connectivity index (χ0v) is 17.1. The summed E-state index contributed by atoms with van der Waals surface area (Å²) in [5, 5.41) is 2.96. The van der Waals surface area contributed by atoms with Gasteiger partial charge in [-0.3, -0.25) is 14.0 Å². The molecule has 2 amide bonds. The van der Waals surface area contributed by atoms with Crippen LogP contribution in [0.4, 0.5) is 5.69 Å². The Labute approximate surface area is 170 Å². The van der Waals surface area contributed by atoms with Gasteiger partial charge in [-0.05, 0) is 61.9 Å². The summed E-state index contributed by atoms with van der Waals surface area (Å²) >= 11 is 0. The zero-order valence-electron chi connectivity index (χ0n) is 17.1. The smallest absolute Gasteiger partial charge is 0.290 e. The van der Waals surface area contributed by atoms with Crippen LogP contribution in [0, 0.1) is 19.8 Å². The van der Waals surface area contributed by atoms with E-state index >= 15 is 0 Å². The normalized spacial score (nSPS) is 16.8. The van der Waals surface area contributed by atoms with E-state index in [1.165, 1.54) is 0 Å². The summed E-state index contributed by atoms with van der Waals surface area (Å²) in [5.41, 5.74) is 3.77. The Balaban J connectivity index is 1.69. The Kier molecular flexibility index (Phi) is 5.09. The predicted molar refractivity (Wildman–Crippen MR) is 113 cm³/mol. The van der Waals surface area contributed by atoms with Crippen molar-refractivity contribution < 1.29 is 9.59 Å². The molecule has 150 valence electrons. The molecule has 0 bridgehead atoms. The lowest BCUT2D eigenvalue weighted by Gasteiger charge is -2.30. The molecule has 1 fully saturated rings. The minimum atomic E-state index is -0.312. The van der Waals surface area contributed by atoms with E-state index in [9.17, 15) is 9.59 Å². The third-order valence-electron chi connectivity index (χ3n) is 5.75. The maximum Gasteiger partial charge on any atom is 0.290 e. The lowest BCUT2D eigenvalue weighted by atomic mass is 10.0.